The summed E-state index contributed by atoms with van der Waals surface area (Å²) in [5, 5.41) is 0. The van der Waals surface area contributed by atoms with Crippen molar-refractivity contribution >= 4 is 41.6 Å². The number of allylic oxidation sites excluding steroid dienone is 1. The Bertz CT molecular complexity index is 1830. The highest BCUT2D eigenvalue weighted by atomic mass is 16.6. The van der Waals surface area contributed by atoms with Crippen LogP contribution in [-0.4, -0.2) is 77.7 Å². The van der Waals surface area contributed by atoms with E-state index in [2.05, 4.69) is 6.58 Å². The lowest BCUT2D eigenvalue weighted by atomic mass is 9.72. The topological polar surface area (TPSA) is 175 Å². The van der Waals surface area contributed by atoms with Gasteiger partial charge in [0.2, 0.25) is 0 Å². The molecule has 0 aliphatic heterocycles. The van der Waals surface area contributed by atoms with E-state index in [-0.39, 0.29) is 23.1 Å². The van der Waals surface area contributed by atoms with E-state index < -0.39 is 101 Å². The third-order valence-electron chi connectivity index (χ3n) is 9.82. The van der Waals surface area contributed by atoms with Crippen LogP contribution < -0.4 is 0 Å². The van der Waals surface area contributed by atoms with Gasteiger partial charge < -0.3 is 28.4 Å². The maximum atomic E-state index is 14.9. The number of hydrogen-bond acceptors (Lipinski definition) is 13. The Balaban J connectivity index is 2.14. The van der Waals surface area contributed by atoms with Crippen molar-refractivity contribution in [3.05, 3.63) is 96.1 Å². The van der Waals surface area contributed by atoms with E-state index in [1.807, 2.05) is 0 Å². The fourth-order valence-corrected chi connectivity index (χ4v) is 7.49. The summed E-state index contributed by atoms with van der Waals surface area (Å²) in [6.07, 6.45) is -4.89. The number of benzene rings is 2. The molecule has 2 aliphatic rings. The van der Waals surface area contributed by atoms with Crippen molar-refractivity contribution in [2.24, 2.45) is 23.2 Å². The Hall–Kier alpha value is -5.59. The molecule has 0 saturated heterocycles. The van der Waals surface area contributed by atoms with Crippen LogP contribution in [0.25, 0.3) is 0 Å². The van der Waals surface area contributed by atoms with Crippen LogP contribution in [0.4, 0.5) is 0 Å². The molecule has 55 heavy (non-hydrogen) atoms. The summed E-state index contributed by atoms with van der Waals surface area (Å²) in [6.45, 7) is 15.4. The molecule has 13 nitrogen and oxygen atoms in total. The van der Waals surface area contributed by atoms with Gasteiger partial charge in [-0.1, -0.05) is 82.8 Å². The van der Waals surface area contributed by atoms with Crippen LogP contribution in [0.5, 0.6) is 0 Å². The number of Topliss-reactive ketones (excluding diaryl/α,β-unsaturated/α-hetero) is 1. The zero-order valence-electron chi connectivity index (χ0n) is 32.3. The number of esters is 6. The molecule has 1 fully saturated rings. The van der Waals surface area contributed by atoms with Gasteiger partial charge in [-0.15, -0.1) is 0 Å². The van der Waals surface area contributed by atoms with Crippen molar-refractivity contribution in [2.45, 2.75) is 97.9 Å². The Morgan fingerprint density at radius 2 is 1.13 bits per heavy atom. The highest BCUT2D eigenvalue weighted by Crippen LogP contribution is 2.51. The minimum atomic E-state index is -2.11. The molecule has 0 N–H and O–H groups in total. The van der Waals surface area contributed by atoms with E-state index in [4.69, 9.17) is 28.4 Å². The first-order valence-corrected chi connectivity index (χ1v) is 17.9. The minimum absolute atomic E-state index is 0.0745. The van der Waals surface area contributed by atoms with Gasteiger partial charge in [0.15, 0.2) is 29.7 Å². The van der Waals surface area contributed by atoms with Crippen LogP contribution in [0.3, 0.4) is 0 Å². The molecule has 4 rings (SSSR count). The number of hydrogen-bond donors (Lipinski definition) is 0. The van der Waals surface area contributed by atoms with Crippen molar-refractivity contribution in [3.8, 4) is 0 Å². The standard InChI is InChI=1S/C42H48O13/c1-23-20-21-41(8,9)38(52-28(6)45)36(51-27(5)44)35(54-40(49)31-18-14-11-15-19-31)25(3)34(53-39(48)30-16-12-10-13-17-30)32-33(50-26(4)43)24(2)22-42(32,37(23)47)55-29(7)46/h10-21,23-24,32-36,38H,3,22H2,1-2,4-9H3/b21-20+/t23-,24-,32+,33-,34-,35-,36+,38+,42+/m0/s1. The summed E-state index contributed by atoms with van der Waals surface area (Å²) in [5.41, 5.74) is -3.47. The summed E-state index contributed by atoms with van der Waals surface area (Å²) in [6, 6.07) is 15.7. The van der Waals surface area contributed by atoms with Crippen molar-refractivity contribution < 1.29 is 62.0 Å². The SMILES string of the molecule is C=C1[C@H](OC(=O)c2ccccc2)[C@@H](OC(C)=O)[C@@H](OC(C)=O)C(C)(C)/C=C/[C@H](C)C(=O)[C@@]2(OC(C)=O)C[C@H](C)[C@H](OC(C)=O)[C@@H]2[C@H]1OC(=O)c1ccccc1. The van der Waals surface area contributed by atoms with Crippen LogP contribution in [0, 0.1) is 23.2 Å². The van der Waals surface area contributed by atoms with Gasteiger partial charge in [0.25, 0.3) is 0 Å². The van der Waals surface area contributed by atoms with Crippen LogP contribution in [0.15, 0.2) is 85.0 Å². The normalized spacial score (nSPS) is 29.5. The predicted molar refractivity (Wildman–Crippen MR) is 196 cm³/mol. The Morgan fingerprint density at radius 1 is 0.655 bits per heavy atom. The maximum Gasteiger partial charge on any atom is 0.338 e. The number of rotatable bonds is 8. The molecule has 294 valence electrons. The second kappa shape index (κ2) is 17.3. The molecule has 9 atom stereocenters. The fourth-order valence-electron chi connectivity index (χ4n) is 7.49. The molecule has 0 radical (unpaired) electrons. The summed E-state index contributed by atoms with van der Waals surface area (Å²) in [5.74, 6) is -8.87. The van der Waals surface area contributed by atoms with Crippen LogP contribution in [-0.2, 0) is 52.4 Å². The molecule has 0 spiro atoms. The molecule has 2 aromatic rings. The number of ketones is 1. The van der Waals surface area contributed by atoms with Crippen LogP contribution in [0.1, 0.15) is 82.5 Å². The monoisotopic (exact) mass is 760 g/mol. The molecule has 0 amide bonds. The van der Waals surface area contributed by atoms with Gasteiger partial charge in [-0.2, -0.15) is 0 Å². The lowest BCUT2D eigenvalue weighted by molar-refractivity contribution is -0.186. The predicted octanol–water partition coefficient (Wildman–Crippen LogP) is 5.55. The average Bonchev–Trinajstić information content (AvgIpc) is 3.38. The van der Waals surface area contributed by atoms with Gasteiger partial charge in [-0.3, -0.25) is 24.0 Å². The molecule has 13 heteroatoms. The largest absolute Gasteiger partial charge is 0.462 e. The van der Waals surface area contributed by atoms with E-state index in [9.17, 15) is 33.6 Å². The van der Waals surface area contributed by atoms with E-state index in [0.717, 1.165) is 27.7 Å². The number of carbonyl (C=O) groups is 7. The highest BCUT2D eigenvalue weighted by Gasteiger charge is 2.66. The van der Waals surface area contributed by atoms with Gasteiger partial charge in [-0.25, -0.2) is 9.59 Å². The minimum Gasteiger partial charge on any atom is -0.462 e. The fraction of sp³-hybridized carbons (Fsp3) is 0.452. The lowest BCUT2D eigenvalue weighted by Gasteiger charge is -2.44. The molecule has 1 saturated carbocycles. The first-order valence-electron chi connectivity index (χ1n) is 17.9. The van der Waals surface area contributed by atoms with Gasteiger partial charge >= 0.3 is 35.8 Å². The van der Waals surface area contributed by atoms with Crippen molar-refractivity contribution in [3.63, 3.8) is 0 Å². The smallest absolute Gasteiger partial charge is 0.338 e. The average molecular weight is 761 g/mol. The van der Waals surface area contributed by atoms with Crippen LogP contribution in [0.2, 0.25) is 0 Å². The number of carbonyl (C=O) groups excluding carboxylic acids is 7. The van der Waals surface area contributed by atoms with Crippen molar-refractivity contribution in [1.82, 2.24) is 0 Å². The molecule has 0 unspecified atom stereocenters. The first kappa shape index (κ1) is 42.2. The summed E-state index contributed by atoms with van der Waals surface area (Å²) in [4.78, 5) is 94.5. The summed E-state index contributed by atoms with van der Waals surface area (Å²) >= 11 is 0. The molecule has 0 aromatic heterocycles. The zero-order valence-corrected chi connectivity index (χ0v) is 32.3. The number of ether oxygens (including phenoxy) is 6. The highest BCUT2D eigenvalue weighted by molar-refractivity contribution is 5.94. The van der Waals surface area contributed by atoms with E-state index in [1.54, 1.807) is 70.2 Å². The molecular formula is C42H48O13. The molecule has 0 heterocycles. The summed E-state index contributed by atoms with van der Waals surface area (Å²) < 4.78 is 36.1. The zero-order chi connectivity index (χ0) is 40.8. The second-order valence-electron chi connectivity index (χ2n) is 14.7. The van der Waals surface area contributed by atoms with Gasteiger partial charge in [0.1, 0.15) is 12.2 Å². The van der Waals surface area contributed by atoms with Gasteiger partial charge in [-0.05, 0) is 30.2 Å². The van der Waals surface area contributed by atoms with Gasteiger partial charge in [0, 0.05) is 51.0 Å². The van der Waals surface area contributed by atoms with E-state index >= 15 is 0 Å². The third-order valence-corrected chi connectivity index (χ3v) is 9.82. The lowest BCUT2D eigenvalue weighted by Crippen LogP contribution is -2.59. The third kappa shape index (κ3) is 9.56. The van der Waals surface area contributed by atoms with Crippen molar-refractivity contribution in [2.75, 3.05) is 0 Å². The molecule has 2 aromatic carbocycles. The second-order valence-corrected chi connectivity index (χ2v) is 14.7. The quantitative estimate of drug-likeness (QED) is 0.186. The number of fused-ring (bicyclic) bond motifs is 1. The van der Waals surface area contributed by atoms with Crippen molar-refractivity contribution in [1.29, 1.82) is 0 Å². The van der Waals surface area contributed by atoms with Crippen LogP contribution >= 0.6 is 0 Å². The summed E-state index contributed by atoms with van der Waals surface area (Å²) in [7, 11) is 0. The van der Waals surface area contributed by atoms with Gasteiger partial charge in [0.05, 0.1) is 17.0 Å². The van der Waals surface area contributed by atoms with E-state index in [1.165, 1.54) is 30.3 Å². The Labute approximate surface area is 320 Å². The maximum absolute atomic E-state index is 14.9. The molecule has 0 bridgehead atoms. The Morgan fingerprint density at radius 3 is 1.60 bits per heavy atom. The Kier molecular flexibility index (Phi) is 13.2. The molecule has 2 aliphatic carbocycles. The molecular weight excluding hydrogens is 712 g/mol. The van der Waals surface area contributed by atoms with E-state index in [0.29, 0.717) is 0 Å². The first-order chi connectivity index (χ1) is 25.8.